The van der Waals surface area contributed by atoms with Gasteiger partial charge in [0.25, 0.3) is 5.91 Å². The number of nitrogen functional groups attached to an aromatic ring is 1. The fourth-order valence-corrected chi connectivity index (χ4v) is 5.19. The van der Waals surface area contributed by atoms with Crippen molar-refractivity contribution >= 4 is 11.6 Å². The van der Waals surface area contributed by atoms with Crippen LogP contribution in [0.1, 0.15) is 43.2 Å². The number of likely N-dealkylation sites (tertiary alicyclic amines) is 1. The monoisotopic (exact) mass is 473 g/mol. The molecule has 2 aromatic rings. The Morgan fingerprint density at radius 3 is 2.53 bits per heavy atom. The molecule has 2 fully saturated rings. The first-order valence-corrected chi connectivity index (χ1v) is 11.8. The van der Waals surface area contributed by atoms with Crippen LogP contribution in [0, 0.1) is 5.92 Å². The molecule has 4 N–H and O–H groups in total. The van der Waals surface area contributed by atoms with Gasteiger partial charge in [-0.05, 0) is 42.5 Å². The van der Waals surface area contributed by atoms with Crippen molar-refractivity contribution in [3.63, 3.8) is 0 Å². The van der Waals surface area contributed by atoms with E-state index in [0.29, 0.717) is 29.8 Å². The van der Waals surface area contributed by atoms with E-state index in [1.165, 1.54) is 0 Å². The maximum atomic E-state index is 14.0. The number of nitrogens with two attached hydrogens (primary N) is 1. The molecule has 2 aliphatic rings. The van der Waals surface area contributed by atoms with Crippen LogP contribution in [-0.4, -0.2) is 48.1 Å². The molecule has 1 saturated heterocycles. The van der Waals surface area contributed by atoms with E-state index in [0.717, 1.165) is 25.2 Å². The van der Waals surface area contributed by atoms with Gasteiger partial charge in [0, 0.05) is 44.4 Å². The van der Waals surface area contributed by atoms with Crippen molar-refractivity contribution in [2.45, 2.75) is 56.2 Å². The minimum Gasteiger partial charge on any atom is -0.495 e. The Morgan fingerprint density at radius 2 is 1.91 bits per heavy atom. The number of carbonyl (C=O) groups excluding carboxylic acids is 1. The molecule has 8 heteroatoms. The number of nitrogens with zero attached hydrogens (tertiary/aromatic N) is 1. The summed E-state index contributed by atoms with van der Waals surface area (Å²) < 4.78 is 33.3. The highest BCUT2D eigenvalue weighted by molar-refractivity contribution is 5.87. The summed E-state index contributed by atoms with van der Waals surface area (Å²) in [7, 11) is 1.59. The normalized spacial score (nSPS) is 22.8. The number of aliphatic hydroxyl groups is 1. The number of benzene rings is 2. The van der Waals surface area contributed by atoms with Crippen LogP contribution in [0.4, 0.5) is 14.5 Å². The smallest absolute Gasteiger partial charge is 0.257 e. The molecular formula is C26H33F2N3O3. The summed E-state index contributed by atoms with van der Waals surface area (Å²) in [6, 6.07) is 14.1. The summed E-state index contributed by atoms with van der Waals surface area (Å²) in [5.41, 5.74) is 5.97. The van der Waals surface area contributed by atoms with Crippen LogP contribution in [0.3, 0.4) is 0 Å². The number of anilines is 1. The number of piperidine rings is 1. The first-order chi connectivity index (χ1) is 16.2. The molecule has 1 saturated carbocycles. The van der Waals surface area contributed by atoms with Crippen molar-refractivity contribution < 1.29 is 23.4 Å². The van der Waals surface area contributed by atoms with Gasteiger partial charge in [0.15, 0.2) is 5.60 Å². The van der Waals surface area contributed by atoms with Crippen LogP contribution < -0.4 is 15.8 Å². The topological polar surface area (TPSA) is 87.8 Å². The Hall–Kier alpha value is -2.71. The third-order valence-electron chi connectivity index (χ3n) is 7.18. The van der Waals surface area contributed by atoms with E-state index in [9.17, 15) is 18.7 Å². The van der Waals surface area contributed by atoms with Crippen molar-refractivity contribution in [2.75, 3.05) is 25.9 Å². The van der Waals surface area contributed by atoms with Gasteiger partial charge in [-0.1, -0.05) is 36.4 Å². The minimum absolute atomic E-state index is 0.106. The highest BCUT2D eigenvalue weighted by atomic mass is 19.3. The van der Waals surface area contributed by atoms with Gasteiger partial charge in [-0.15, -0.1) is 0 Å². The number of ether oxygens (including phenoxy) is 1. The average Bonchev–Trinajstić information content (AvgIpc) is 3.21. The maximum Gasteiger partial charge on any atom is 0.257 e. The number of rotatable bonds is 7. The zero-order valence-corrected chi connectivity index (χ0v) is 19.5. The number of hydrogen-bond acceptors (Lipinski definition) is 5. The quantitative estimate of drug-likeness (QED) is 0.534. The number of nitrogens with one attached hydrogen (secondary N) is 1. The molecule has 2 aromatic carbocycles. The number of amides is 1. The van der Waals surface area contributed by atoms with Crippen LogP contribution in [-0.2, 0) is 16.9 Å². The molecule has 184 valence electrons. The SMILES string of the molecule is COc1cc(CN2CCC(NC(=O)[C@](O)(c3ccccc3)[C@@H]3CCC(F)(F)C3)CC2)ccc1N. The summed E-state index contributed by atoms with van der Waals surface area (Å²) in [5, 5.41) is 14.5. The highest BCUT2D eigenvalue weighted by Gasteiger charge is 2.53. The zero-order valence-electron chi connectivity index (χ0n) is 19.5. The summed E-state index contributed by atoms with van der Waals surface area (Å²) >= 11 is 0. The van der Waals surface area contributed by atoms with Crippen molar-refractivity contribution in [3.8, 4) is 5.75 Å². The van der Waals surface area contributed by atoms with Crippen molar-refractivity contribution in [2.24, 2.45) is 5.92 Å². The standard InChI is InChI=1S/C26H33F2N3O3/c1-34-23-15-18(7-8-22(23)29)17-31-13-10-21(11-14-31)30-24(32)26(33,19-5-3-2-4-6-19)20-9-12-25(27,28)16-20/h2-8,15,20-21,33H,9-14,16-17,29H2,1H3,(H,30,32)/t20-,26+/m1/s1. The zero-order chi connectivity index (χ0) is 24.3. The molecular weight excluding hydrogens is 440 g/mol. The largest absolute Gasteiger partial charge is 0.495 e. The lowest BCUT2D eigenvalue weighted by atomic mass is 9.79. The average molecular weight is 474 g/mol. The van der Waals surface area contributed by atoms with Gasteiger partial charge in [-0.3, -0.25) is 9.69 Å². The lowest BCUT2D eigenvalue weighted by molar-refractivity contribution is -0.149. The van der Waals surface area contributed by atoms with E-state index < -0.39 is 29.8 Å². The van der Waals surface area contributed by atoms with E-state index in [1.54, 1.807) is 37.4 Å². The van der Waals surface area contributed by atoms with Crippen LogP contribution in [0.5, 0.6) is 5.75 Å². The number of hydrogen-bond donors (Lipinski definition) is 3. The summed E-state index contributed by atoms with van der Waals surface area (Å²) in [6.07, 6.45) is 0.728. The molecule has 4 rings (SSSR count). The third kappa shape index (κ3) is 5.18. The van der Waals surface area contributed by atoms with E-state index in [2.05, 4.69) is 10.2 Å². The number of alkyl halides is 2. The molecule has 0 aromatic heterocycles. The molecule has 0 unspecified atom stereocenters. The lowest BCUT2D eigenvalue weighted by Gasteiger charge is -2.37. The van der Waals surface area contributed by atoms with Gasteiger partial charge in [-0.2, -0.15) is 0 Å². The van der Waals surface area contributed by atoms with Crippen LogP contribution >= 0.6 is 0 Å². The van der Waals surface area contributed by atoms with Gasteiger partial charge in [0.1, 0.15) is 5.75 Å². The third-order valence-corrected chi connectivity index (χ3v) is 7.18. The lowest BCUT2D eigenvalue weighted by Crippen LogP contribution is -2.54. The molecule has 2 atom stereocenters. The molecule has 0 radical (unpaired) electrons. The predicted molar refractivity (Wildman–Crippen MR) is 126 cm³/mol. The maximum absolute atomic E-state index is 14.0. The van der Waals surface area contributed by atoms with Gasteiger partial charge in [0.05, 0.1) is 12.8 Å². The van der Waals surface area contributed by atoms with E-state index in [1.807, 2.05) is 18.2 Å². The minimum atomic E-state index is -2.86. The molecule has 1 aliphatic carbocycles. The van der Waals surface area contributed by atoms with E-state index in [4.69, 9.17) is 10.5 Å². The fourth-order valence-electron chi connectivity index (χ4n) is 5.19. The van der Waals surface area contributed by atoms with Gasteiger partial charge in [0.2, 0.25) is 5.92 Å². The molecule has 1 amide bonds. The molecule has 34 heavy (non-hydrogen) atoms. The Balaban J connectivity index is 1.39. The fraction of sp³-hybridized carbons (Fsp3) is 0.500. The number of carbonyl (C=O) groups is 1. The Morgan fingerprint density at radius 1 is 1.21 bits per heavy atom. The highest BCUT2D eigenvalue weighted by Crippen LogP contribution is 2.47. The second kappa shape index (κ2) is 9.88. The van der Waals surface area contributed by atoms with Crippen molar-refractivity contribution in [1.82, 2.24) is 10.2 Å². The second-order valence-corrected chi connectivity index (χ2v) is 9.53. The second-order valence-electron chi connectivity index (χ2n) is 9.53. The summed E-state index contributed by atoms with van der Waals surface area (Å²) in [4.78, 5) is 15.6. The predicted octanol–water partition coefficient (Wildman–Crippen LogP) is 3.68. The molecule has 0 bridgehead atoms. The van der Waals surface area contributed by atoms with Gasteiger partial charge >= 0.3 is 0 Å². The number of halogens is 2. The summed E-state index contributed by atoms with van der Waals surface area (Å²) in [5.74, 6) is -3.62. The van der Waals surface area contributed by atoms with Gasteiger partial charge < -0.3 is 20.9 Å². The van der Waals surface area contributed by atoms with Crippen LogP contribution in [0.15, 0.2) is 48.5 Å². The summed E-state index contributed by atoms with van der Waals surface area (Å²) in [6.45, 7) is 2.27. The molecule has 0 spiro atoms. The first-order valence-electron chi connectivity index (χ1n) is 11.8. The Kier molecular flexibility index (Phi) is 7.09. The first kappa shape index (κ1) is 24.4. The molecule has 1 heterocycles. The van der Waals surface area contributed by atoms with Crippen molar-refractivity contribution in [1.29, 1.82) is 0 Å². The Labute approximate surface area is 199 Å². The van der Waals surface area contributed by atoms with Crippen molar-refractivity contribution in [3.05, 3.63) is 59.7 Å². The van der Waals surface area contributed by atoms with Crippen LogP contribution in [0.25, 0.3) is 0 Å². The van der Waals surface area contributed by atoms with Gasteiger partial charge in [-0.25, -0.2) is 8.78 Å². The molecule has 1 aliphatic heterocycles. The number of methoxy groups -OCH3 is 1. The Bertz CT molecular complexity index is 996. The van der Waals surface area contributed by atoms with E-state index in [-0.39, 0.29) is 18.9 Å². The van der Waals surface area contributed by atoms with E-state index >= 15 is 0 Å². The van der Waals surface area contributed by atoms with Crippen LogP contribution in [0.2, 0.25) is 0 Å². The molecule has 6 nitrogen and oxygen atoms in total.